The van der Waals surface area contributed by atoms with E-state index in [1.807, 2.05) is 26.0 Å². The summed E-state index contributed by atoms with van der Waals surface area (Å²) in [5.41, 5.74) is 1.53. The fourth-order valence-corrected chi connectivity index (χ4v) is 3.40. The van der Waals surface area contributed by atoms with E-state index in [0.29, 0.717) is 5.41 Å². The zero-order valence-corrected chi connectivity index (χ0v) is 17.4. The van der Waals surface area contributed by atoms with Crippen molar-refractivity contribution in [3.8, 4) is 11.5 Å². The van der Waals surface area contributed by atoms with Gasteiger partial charge in [0.15, 0.2) is 11.5 Å². The molecule has 0 aliphatic heterocycles. The normalized spacial score (nSPS) is 12.6. The van der Waals surface area contributed by atoms with Crippen molar-refractivity contribution in [2.45, 2.75) is 73.1 Å². The first kappa shape index (κ1) is 20.3. The Morgan fingerprint density at radius 1 is 1.09 bits per heavy atom. The average molecular weight is 386 g/mol. The van der Waals surface area contributed by atoms with Gasteiger partial charge < -0.3 is 14.8 Å². The molecule has 0 amide bonds. The SMILES string of the molecule is COc1cc(CNC(C)(C)CC(C)(C)C)c(Br)cc1OC(C)C. The van der Waals surface area contributed by atoms with E-state index >= 15 is 0 Å². The van der Waals surface area contributed by atoms with Crippen molar-refractivity contribution in [2.75, 3.05) is 7.11 Å². The van der Waals surface area contributed by atoms with Crippen LogP contribution in [0.15, 0.2) is 16.6 Å². The van der Waals surface area contributed by atoms with Crippen molar-refractivity contribution in [1.82, 2.24) is 5.32 Å². The minimum Gasteiger partial charge on any atom is -0.493 e. The summed E-state index contributed by atoms with van der Waals surface area (Å²) in [6.45, 7) is 16.1. The number of nitrogens with one attached hydrogen (secondary N) is 1. The van der Waals surface area contributed by atoms with Crippen LogP contribution in [0.5, 0.6) is 11.5 Å². The van der Waals surface area contributed by atoms with E-state index in [1.165, 1.54) is 5.56 Å². The fraction of sp³-hybridized carbons (Fsp3) is 0.684. The Hall–Kier alpha value is -0.740. The highest BCUT2D eigenvalue weighted by molar-refractivity contribution is 9.10. The van der Waals surface area contributed by atoms with E-state index < -0.39 is 0 Å². The maximum atomic E-state index is 5.81. The molecule has 4 heteroatoms. The van der Waals surface area contributed by atoms with Crippen LogP contribution in [-0.4, -0.2) is 18.8 Å². The molecule has 0 aliphatic carbocycles. The summed E-state index contributed by atoms with van der Waals surface area (Å²) in [6.07, 6.45) is 1.22. The maximum absolute atomic E-state index is 5.81. The van der Waals surface area contributed by atoms with Gasteiger partial charge in [0.05, 0.1) is 13.2 Å². The molecular weight excluding hydrogens is 354 g/mol. The molecular formula is C19H32BrNO2. The molecule has 23 heavy (non-hydrogen) atoms. The minimum absolute atomic E-state index is 0.0675. The van der Waals surface area contributed by atoms with Crippen LogP contribution in [0.1, 0.15) is 60.5 Å². The molecule has 0 saturated heterocycles. The monoisotopic (exact) mass is 385 g/mol. The first-order chi connectivity index (χ1) is 10.4. The topological polar surface area (TPSA) is 30.5 Å². The zero-order chi connectivity index (χ0) is 17.8. The quantitative estimate of drug-likeness (QED) is 0.667. The molecule has 1 N–H and O–H groups in total. The third-order valence-corrected chi connectivity index (χ3v) is 4.16. The minimum atomic E-state index is 0.0675. The number of ether oxygens (including phenoxy) is 2. The van der Waals surface area contributed by atoms with Crippen LogP contribution in [0.4, 0.5) is 0 Å². The Morgan fingerprint density at radius 2 is 1.70 bits per heavy atom. The summed E-state index contributed by atoms with van der Waals surface area (Å²) in [5, 5.41) is 3.66. The van der Waals surface area contributed by atoms with Crippen molar-refractivity contribution < 1.29 is 9.47 Å². The van der Waals surface area contributed by atoms with Gasteiger partial charge >= 0.3 is 0 Å². The van der Waals surface area contributed by atoms with E-state index in [4.69, 9.17) is 9.47 Å². The molecule has 0 aliphatic rings. The van der Waals surface area contributed by atoms with Crippen LogP contribution in [0.25, 0.3) is 0 Å². The van der Waals surface area contributed by atoms with Crippen molar-refractivity contribution in [1.29, 1.82) is 0 Å². The van der Waals surface area contributed by atoms with Crippen LogP contribution >= 0.6 is 15.9 Å². The molecule has 0 bridgehead atoms. The van der Waals surface area contributed by atoms with Crippen LogP contribution in [0.2, 0.25) is 0 Å². The predicted octanol–water partition coefficient (Wildman–Crippen LogP) is 5.55. The molecule has 0 atom stereocenters. The lowest BCUT2D eigenvalue weighted by molar-refractivity contribution is 0.229. The summed E-state index contributed by atoms with van der Waals surface area (Å²) >= 11 is 3.65. The Labute approximate surface area is 150 Å². The van der Waals surface area contributed by atoms with Gasteiger partial charge in [-0.2, -0.15) is 0 Å². The van der Waals surface area contributed by atoms with E-state index in [1.54, 1.807) is 7.11 Å². The highest BCUT2D eigenvalue weighted by Gasteiger charge is 2.25. The van der Waals surface area contributed by atoms with Gasteiger partial charge in [-0.3, -0.25) is 0 Å². The van der Waals surface area contributed by atoms with Gasteiger partial charge in [0.1, 0.15) is 0 Å². The van der Waals surface area contributed by atoms with Gasteiger partial charge in [-0.1, -0.05) is 36.7 Å². The average Bonchev–Trinajstić information content (AvgIpc) is 2.34. The van der Waals surface area contributed by atoms with Crippen molar-refractivity contribution in [3.63, 3.8) is 0 Å². The molecule has 0 fully saturated rings. The summed E-state index contributed by atoms with van der Waals surface area (Å²) < 4.78 is 12.3. The van der Waals surface area contributed by atoms with Gasteiger partial charge in [-0.15, -0.1) is 0 Å². The molecule has 0 spiro atoms. The number of methoxy groups -OCH3 is 1. The van der Waals surface area contributed by atoms with Crippen molar-refractivity contribution in [3.05, 3.63) is 22.2 Å². The number of rotatable bonds is 7. The summed E-state index contributed by atoms with van der Waals surface area (Å²) in [4.78, 5) is 0. The molecule has 0 aromatic heterocycles. The largest absolute Gasteiger partial charge is 0.493 e. The fourth-order valence-electron chi connectivity index (χ4n) is 2.94. The van der Waals surface area contributed by atoms with Crippen molar-refractivity contribution in [2.24, 2.45) is 5.41 Å². The summed E-state index contributed by atoms with van der Waals surface area (Å²) in [5.74, 6) is 1.54. The zero-order valence-electron chi connectivity index (χ0n) is 15.8. The van der Waals surface area contributed by atoms with Crippen molar-refractivity contribution >= 4 is 15.9 Å². The summed E-state index contributed by atoms with van der Waals surface area (Å²) in [7, 11) is 1.68. The van der Waals surface area contributed by atoms with Crippen LogP contribution in [0.3, 0.4) is 0 Å². The standard InChI is InChI=1S/C19H32BrNO2/c1-13(2)23-17-10-15(20)14(9-16(17)22-8)11-21-19(6,7)12-18(3,4)5/h9-10,13,21H,11-12H2,1-8H3. The molecule has 0 saturated carbocycles. The highest BCUT2D eigenvalue weighted by atomic mass is 79.9. The van der Waals surface area contributed by atoms with Gasteiger partial charge in [-0.05, 0) is 57.2 Å². The van der Waals surface area contributed by atoms with Crippen LogP contribution in [-0.2, 0) is 6.54 Å². The summed E-state index contributed by atoms with van der Waals surface area (Å²) in [6, 6.07) is 4.04. The number of halogens is 1. The lowest BCUT2D eigenvalue weighted by Gasteiger charge is -2.33. The maximum Gasteiger partial charge on any atom is 0.162 e. The first-order valence-electron chi connectivity index (χ1n) is 8.21. The number of hydrogen-bond donors (Lipinski definition) is 1. The third-order valence-electron chi connectivity index (χ3n) is 3.43. The third kappa shape index (κ3) is 7.13. The first-order valence-corrected chi connectivity index (χ1v) is 9.01. The highest BCUT2D eigenvalue weighted by Crippen LogP contribution is 2.35. The van der Waals surface area contributed by atoms with Crippen LogP contribution in [0, 0.1) is 5.41 Å². The Morgan fingerprint density at radius 3 is 2.17 bits per heavy atom. The van der Waals surface area contributed by atoms with E-state index in [0.717, 1.165) is 28.9 Å². The van der Waals surface area contributed by atoms with E-state index in [2.05, 4.69) is 55.9 Å². The lowest BCUT2D eigenvalue weighted by Crippen LogP contribution is -2.41. The second-order valence-electron chi connectivity index (χ2n) is 8.24. The number of benzene rings is 1. The smallest absolute Gasteiger partial charge is 0.162 e. The molecule has 3 nitrogen and oxygen atoms in total. The van der Waals surface area contributed by atoms with Gasteiger partial charge in [0.25, 0.3) is 0 Å². The predicted molar refractivity (Wildman–Crippen MR) is 101 cm³/mol. The second kappa shape index (κ2) is 7.89. The van der Waals surface area contributed by atoms with Gasteiger partial charge in [0, 0.05) is 16.6 Å². The Kier molecular flexibility index (Phi) is 6.96. The van der Waals surface area contributed by atoms with Crippen LogP contribution < -0.4 is 14.8 Å². The van der Waals surface area contributed by atoms with E-state index in [9.17, 15) is 0 Å². The van der Waals surface area contributed by atoms with Gasteiger partial charge in [0.2, 0.25) is 0 Å². The van der Waals surface area contributed by atoms with E-state index in [-0.39, 0.29) is 11.6 Å². The molecule has 1 aromatic carbocycles. The molecule has 0 radical (unpaired) electrons. The van der Waals surface area contributed by atoms with Gasteiger partial charge in [-0.25, -0.2) is 0 Å². The lowest BCUT2D eigenvalue weighted by atomic mass is 9.82. The Balaban J connectivity index is 2.89. The number of hydrogen-bond acceptors (Lipinski definition) is 3. The molecule has 1 rings (SSSR count). The Bertz CT molecular complexity index is 519. The molecule has 132 valence electrons. The second-order valence-corrected chi connectivity index (χ2v) is 9.09. The molecule has 0 heterocycles. The molecule has 0 unspecified atom stereocenters. The molecule has 1 aromatic rings.